The second-order valence-corrected chi connectivity index (χ2v) is 2.33. The lowest BCUT2D eigenvalue weighted by molar-refractivity contribution is 1.57. The van der Waals surface area contributed by atoms with Gasteiger partial charge in [0.2, 0.25) is 0 Å². The average molecular weight is 161 g/mol. The van der Waals surface area contributed by atoms with Crippen LogP contribution in [0.1, 0.15) is 0 Å². The summed E-state index contributed by atoms with van der Waals surface area (Å²) in [5.41, 5.74) is 0.654. The minimum Gasteiger partial charge on any atom is -0.193 e. The quantitative estimate of drug-likeness (QED) is 0.572. The summed E-state index contributed by atoms with van der Waals surface area (Å²) in [4.78, 5) is 0. The molecule has 0 saturated carbocycles. The van der Waals surface area contributed by atoms with Crippen molar-refractivity contribution in [3.05, 3.63) is 30.3 Å². The summed E-state index contributed by atoms with van der Waals surface area (Å²) in [6.45, 7) is 0. The third kappa shape index (κ3) is 1.77. The van der Waals surface area contributed by atoms with Gasteiger partial charge in [-0.1, -0.05) is 18.2 Å². The van der Waals surface area contributed by atoms with Crippen LogP contribution in [0.5, 0.6) is 0 Å². The minimum absolute atomic E-state index is 0.654. The van der Waals surface area contributed by atoms with E-state index in [1.165, 1.54) is 0 Å². The Kier molecular flexibility index (Phi) is 2.20. The van der Waals surface area contributed by atoms with E-state index in [0.717, 1.165) is 3.94 Å². The lowest BCUT2D eigenvalue weighted by Gasteiger charge is -2.01. The Morgan fingerprint density at radius 1 is 1.33 bits per heavy atom. The molecule has 0 saturated heterocycles. The Morgan fingerprint density at radius 2 is 2.11 bits per heavy atom. The molecule has 0 amide bonds. The first-order chi connectivity index (χ1) is 4.30. The van der Waals surface area contributed by atoms with Crippen molar-refractivity contribution >= 4 is 29.2 Å². The second-order valence-electron chi connectivity index (χ2n) is 1.48. The fourth-order valence-electron chi connectivity index (χ4n) is 0.489. The predicted octanol–water partition coefficient (Wildman–Crippen LogP) is 2.60. The molecule has 0 aromatic heterocycles. The Morgan fingerprint density at radius 3 is 2.44 bits per heavy atom. The average Bonchev–Trinajstić information content (AvgIpc) is 1.90. The van der Waals surface area contributed by atoms with Gasteiger partial charge in [0.05, 0.1) is 5.69 Å². The summed E-state index contributed by atoms with van der Waals surface area (Å²) >= 11 is 10.7. The highest BCUT2D eigenvalue weighted by Crippen LogP contribution is 2.16. The molecule has 1 rings (SSSR count). The number of hydrogen-bond acceptors (Lipinski definition) is 1. The van der Waals surface area contributed by atoms with Crippen molar-refractivity contribution in [1.82, 2.24) is 0 Å². The number of benzene rings is 1. The van der Waals surface area contributed by atoms with Crippen molar-refractivity contribution in [3.63, 3.8) is 0 Å². The summed E-state index contributed by atoms with van der Waals surface area (Å²) in [6, 6.07) is 10.0. The summed E-state index contributed by atoms with van der Waals surface area (Å²) in [6.07, 6.45) is 0. The third-order valence-electron chi connectivity index (χ3n) is 0.875. The van der Waals surface area contributed by atoms with Crippen molar-refractivity contribution in [2.45, 2.75) is 0 Å². The van der Waals surface area contributed by atoms with Gasteiger partial charge in [-0.15, -0.1) is 0 Å². The molecule has 0 aliphatic rings. The van der Waals surface area contributed by atoms with E-state index in [9.17, 15) is 0 Å². The normalized spacial score (nSPS) is 9.11. The highest BCUT2D eigenvalue weighted by Gasteiger charge is 1.94. The van der Waals surface area contributed by atoms with Crippen LogP contribution in [0.4, 0.5) is 5.69 Å². The monoisotopic (exact) mass is 160 g/mol. The van der Waals surface area contributed by atoms with Crippen LogP contribution in [0.15, 0.2) is 24.3 Å². The van der Waals surface area contributed by atoms with Gasteiger partial charge in [-0.25, -0.2) is 0 Å². The first kappa shape index (κ1) is 6.72. The van der Waals surface area contributed by atoms with Crippen LogP contribution in [0.3, 0.4) is 0 Å². The van der Waals surface area contributed by atoms with Crippen LogP contribution in [-0.4, -0.2) is 0 Å². The molecule has 0 aliphatic carbocycles. The van der Waals surface area contributed by atoms with E-state index < -0.39 is 0 Å². The van der Waals surface area contributed by atoms with E-state index in [1.807, 2.05) is 12.1 Å². The molecule has 1 nitrogen and oxygen atoms in total. The number of halogens is 2. The third-order valence-corrected chi connectivity index (χ3v) is 1.24. The van der Waals surface area contributed by atoms with Crippen molar-refractivity contribution in [1.29, 1.82) is 0 Å². The highest BCUT2D eigenvalue weighted by atomic mass is 35.5. The van der Waals surface area contributed by atoms with Crippen LogP contribution in [0.25, 0.3) is 0 Å². The number of para-hydroxylation sites is 1. The Bertz CT molecular complexity index is 174. The zero-order valence-corrected chi connectivity index (χ0v) is 6.02. The molecule has 1 radical (unpaired) electrons. The van der Waals surface area contributed by atoms with E-state index in [-0.39, 0.29) is 0 Å². The topological polar surface area (TPSA) is 3.24 Å². The highest BCUT2D eigenvalue weighted by molar-refractivity contribution is 6.49. The molecule has 0 fully saturated rings. The Hall–Kier alpha value is -0.400. The van der Waals surface area contributed by atoms with Crippen LogP contribution in [-0.2, 0) is 0 Å². The lowest BCUT2D eigenvalue weighted by atomic mass is 10.3. The smallest absolute Gasteiger partial charge is 0.0788 e. The standard InChI is InChI=1S/C6H4Cl2N/c7-9(8)6-4-2-1-3-5-6/h1-4H. The van der Waals surface area contributed by atoms with Gasteiger partial charge in [0.1, 0.15) is 0 Å². The van der Waals surface area contributed by atoms with Crippen LogP contribution < -0.4 is 3.94 Å². The summed E-state index contributed by atoms with van der Waals surface area (Å²) in [7, 11) is 0. The maximum atomic E-state index is 5.37. The second kappa shape index (κ2) is 2.95. The van der Waals surface area contributed by atoms with Gasteiger partial charge in [0, 0.05) is 29.6 Å². The SMILES string of the molecule is ClN(Cl)c1[c]cccc1. The molecule has 0 bridgehead atoms. The van der Waals surface area contributed by atoms with Gasteiger partial charge in [-0.3, -0.25) is 0 Å². The molecule has 1 aromatic carbocycles. The van der Waals surface area contributed by atoms with Crippen molar-refractivity contribution < 1.29 is 0 Å². The van der Waals surface area contributed by atoms with Gasteiger partial charge in [-0.05, 0) is 6.07 Å². The Balaban J connectivity index is 2.85. The molecule has 47 valence electrons. The first-order valence-corrected chi connectivity index (χ1v) is 3.07. The van der Waals surface area contributed by atoms with Crippen LogP contribution >= 0.6 is 23.6 Å². The molecule has 9 heavy (non-hydrogen) atoms. The molecule has 3 heteroatoms. The van der Waals surface area contributed by atoms with Gasteiger partial charge in [0.25, 0.3) is 0 Å². The molecular weight excluding hydrogens is 157 g/mol. The fraction of sp³-hybridized carbons (Fsp3) is 0. The zero-order chi connectivity index (χ0) is 6.69. The van der Waals surface area contributed by atoms with Gasteiger partial charge < -0.3 is 0 Å². The number of nitrogens with zero attached hydrogens (tertiary/aromatic N) is 1. The Labute approximate surface area is 64.0 Å². The number of anilines is 1. The van der Waals surface area contributed by atoms with E-state index in [1.54, 1.807) is 12.1 Å². The summed E-state index contributed by atoms with van der Waals surface area (Å²) in [5.74, 6) is 0. The maximum Gasteiger partial charge on any atom is 0.0788 e. The van der Waals surface area contributed by atoms with Crippen LogP contribution in [0.2, 0.25) is 0 Å². The van der Waals surface area contributed by atoms with E-state index in [0.29, 0.717) is 5.69 Å². The van der Waals surface area contributed by atoms with E-state index in [4.69, 9.17) is 23.6 Å². The van der Waals surface area contributed by atoms with Crippen molar-refractivity contribution in [3.8, 4) is 0 Å². The fourth-order valence-corrected chi connectivity index (χ4v) is 0.699. The predicted molar refractivity (Wildman–Crippen MR) is 39.5 cm³/mol. The van der Waals surface area contributed by atoms with Gasteiger partial charge in [0.15, 0.2) is 0 Å². The molecule has 0 atom stereocenters. The number of hydrogen-bond donors (Lipinski definition) is 0. The molecule has 0 unspecified atom stereocenters. The molecular formula is C6H4Cl2N. The minimum atomic E-state index is 0.654. The van der Waals surface area contributed by atoms with Crippen molar-refractivity contribution in [2.24, 2.45) is 0 Å². The van der Waals surface area contributed by atoms with E-state index in [2.05, 4.69) is 6.07 Å². The van der Waals surface area contributed by atoms with Crippen molar-refractivity contribution in [2.75, 3.05) is 3.94 Å². The molecule has 0 heterocycles. The van der Waals surface area contributed by atoms with Gasteiger partial charge >= 0.3 is 0 Å². The molecule has 0 aliphatic heterocycles. The maximum absolute atomic E-state index is 5.37. The van der Waals surface area contributed by atoms with Crippen LogP contribution in [0, 0.1) is 6.07 Å². The summed E-state index contributed by atoms with van der Waals surface area (Å²) in [5, 5.41) is 0. The first-order valence-electron chi connectivity index (χ1n) is 2.39. The zero-order valence-electron chi connectivity index (χ0n) is 4.51. The summed E-state index contributed by atoms with van der Waals surface area (Å²) < 4.78 is 0.972. The molecule has 0 N–H and O–H groups in total. The largest absolute Gasteiger partial charge is 0.193 e. The molecule has 1 aromatic rings. The lowest BCUT2D eigenvalue weighted by Crippen LogP contribution is -1.89. The van der Waals surface area contributed by atoms with E-state index >= 15 is 0 Å². The number of rotatable bonds is 1. The molecule has 0 spiro atoms. The van der Waals surface area contributed by atoms with Gasteiger partial charge in [-0.2, -0.15) is 3.94 Å².